The molecule has 75 valence electrons. The molecule has 3 heteroatoms. The molecule has 0 fully saturated rings. The van der Waals surface area contributed by atoms with Crippen LogP contribution in [-0.2, 0) is 9.53 Å². The van der Waals surface area contributed by atoms with E-state index < -0.39 is 0 Å². The maximum absolute atomic E-state index is 10.4. The van der Waals surface area contributed by atoms with Gasteiger partial charge in [0.05, 0.1) is 0 Å². The average molecular weight is 209 g/mol. The Morgan fingerprint density at radius 3 is 2.64 bits per heavy atom. The van der Waals surface area contributed by atoms with Crippen molar-refractivity contribution in [3.63, 3.8) is 0 Å². The maximum Gasteiger partial charge on any atom is 0.303 e. The molecule has 0 aliphatic heterocycles. The van der Waals surface area contributed by atoms with Crippen LogP contribution in [-0.4, -0.2) is 11.7 Å². The lowest BCUT2D eigenvalue weighted by atomic mass is 10.2. The van der Waals surface area contributed by atoms with E-state index in [-0.39, 0.29) is 5.97 Å². The van der Waals surface area contributed by atoms with Gasteiger partial charge in [0.25, 0.3) is 0 Å². The molecular formula is C11H13O2S. The molecule has 0 spiro atoms. The van der Waals surface area contributed by atoms with E-state index in [9.17, 15) is 4.79 Å². The monoisotopic (exact) mass is 209 g/mol. The van der Waals surface area contributed by atoms with Gasteiger partial charge in [-0.1, -0.05) is 17.7 Å². The van der Waals surface area contributed by atoms with Crippen LogP contribution in [0.4, 0.5) is 0 Å². The van der Waals surface area contributed by atoms with Gasteiger partial charge in [-0.25, -0.2) is 0 Å². The van der Waals surface area contributed by atoms with Crippen molar-refractivity contribution in [2.24, 2.45) is 0 Å². The quantitative estimate of drug-likeness (QED) is 0.433. The second-order valence-corrected chi connectivity index (χ2v) is 3.99. The van der Waals surface area contributed by atoms with Crippen molar-refractivity contribution < 1.29 is 9.53 Å². The summed E-state index contributed by atoms with van der Waals surface area (Å²) in [4.78, 5) is 11.6. The van der Waals surface area contributed by atoms with E-state index in [0.29, 0.717) is 5.75 Å². The Kier molecular flexibility index (Phi) is 4.53. The van der Waals surface area contributed by atoms with Crippen LogP contribution in [0, 0.1) is 13.5 Å². The van der Waals surface area contributed by atoms with E-state index in [1.807, 2.05) is 0 Å². The van der Waals surface area contributed by atoms with Gasteiger partial charge in [-0.15, -0.1) is 11.8 Å². The van der Waals surface area contributed by atoms with E-state index in [1.54, 1.807) is 11.8 Å². The first-order chi connectivity index (χ1) is 6.68. The summed E-state index contributed by atoms with van der Waals surface area (Å²) in [6.45, 7) is 4.97. The van der Waals surface area contributed by atoms with Gasteiger partial charge in [0.2, 0.25) is 0 Å². The average Bonchev–Trinajstić information content (AvgIpc) is 2.15. The first kappa shape index (κ1) is 11.1. The van der Waals surface area contributed by atoms with Gasteiger partial charge in [0.1, 0.15) is 6.61 Å². The molecule has 1 aromatic carbocycles. The topological polar surface area (TPSA) is 26.3 Å². The van der Waals surface area contributed by atoms with E-state index in [4.69, 9.17) is 4.74 Å². The third-order valence-corrected chi connectivity index (χ3v) is 2.50. The summed E-state index contributed by atoms with van der Waals surface area (Å²) in [5.74, 6) is 0.414. The Bertz CT molecular complexity index is 293. The highest BCUT2D eigenvalue weighted by atomic mass is 32.2. The molecule has 0 atom stereocenters. The molecule has 0 amide bonds. The molecule has 1 radical (unpaired) electrons. The highest BCUT2D eigenvalue weighted by molar-refractivity contribution is 7.99. The van der Waals surface area contributed by atoms with Crippen LogP contribution in [0.5, 0.6) is 0 Å². The largest absolute Gasteiger partial charge is 0.458 e. The zero-order valence-corrected chi connectivity index (χ0v) is 9.14. The predicted octanol–water partition coefficient (Wildman–Crippen LogP) is 2.81. The summed E-state index contributed by atoms with van der Waals surface area (Å²) in [5.41, 5.74) is 1.25. The van der Waals surface area contributed by atoms with Crippen LogP contribution in [0.2, 0.25) is 0 Å². The molecule has 1 aromatic rings. The Labute approximate surface area is 88.7 Å². The fourth-order valence-electron chi connectivity index (χ4n) is 0.916. The van der Waals surface area contributed by atoms with Crippen molar-refractivity contribution in [1.29, 1.82) is 0 Å². The number of hydrogen-bond acceptors (Lipinski definition) is 3. The van der Waals surface area contributed by atoms with Crippen molar-refractivity contribution in [2.75, 3.05) is 5.75 Å². The number of carbonyl (C=O) groups is 1. The number of hydrogen-bond donors (Lipinski definition) is 0. The van der Waals surface area contributed by atoms with Crippen molar-refractivity contribution >= 4 is 17.7 Å². The fourth-order valence-corrected chi connectivity index (χ4v) is 1.57. The number of benzene rings is 1. The number of carbonyl (C=O) groups excluding carboxylic acids is 1. The van der Waals surface area contributed by atoms with Gasteiger partial charge in [-0.2, -0.15) is 0 Å². The molecule has 0 aliphatic rings. The molecule has 14 heavy (non-hydrogen) atoms. The standard InChI is InChI=1S/C11H13O2S/c1-9-3-5-11(6-4-9)14-8-7-13-10(2)12/h3-7H,8H2,1-2H3. The zero-order chi connectivity index (χ0) is 10.4. The van der Waals surface area contributed by atoms with Crippen LogP contribution < -0.4 is 0 Å². The minimum absolute atomic E-state index is 0.269. The number of ether oxygens (including phenoxy) is 1. The summed E-state index contributed by atoms with van der Waals surface area (Å²) >= 11 is 1.64. The Hall–Kier alpha value is -0.960. The smallest absolute Gasteiger partial charge is 0.303 e. The second kappa shape index (κ2) is 5.70. The van der Waals surface area contributed by atoms with Gasteiger partial charge in [-0.05, 0) is 19.1 Å². The van der Waals surface area contributed by atoms with Gasteiger partial charge in [-0.3, -0.25) is 4.79 Å². The minimum atomic E-state index is -0.269. The summed E-state index contributed by atoms with van der Waals surface area (Å²) in [7, 11) is 0. The van der Waals surface area contributed by atoms with E-state index in [0.717, 1.165) is 0 Å². The van der Waals surface area contributed by atoms with Crippen LogP contribution in [0.1, 0.15) is 12.5 Å². The van der Waals surface area contributed by atoms with E-state index in [1.165, 1.54) is 24.0 Å². The third kappa shape index (κ3) is 4.33. The molecule has 0 aromatic heterocycles. The van der Waals surface area contributed by atoms with Crippen LogP contribution in [0.15, 0.2) is 29.2 Å². The number of thioether (sulfide) groups is 1. The number of rotatable bonds is 4. The highest BCUT2D eigenvalue weighted by Crippen LogP contribution is 2.18. The zero-order valence-electron chi connectivity index (χ0n) is 8.32. The molecule has 0 unspecified atom stereocenters. The maximum atomic E-state index is 10.4. The molecule has 0 heterocycles. The lowest BCUT2D eigenvalue weighted by Crippen LogP contribution is -1.96. The normalized spacial score (nSPS) is 9.86. The molecule has 0 aliphatic carbocycles. The molecular weight excluding hydrogens is 196 g/mol. The first-order valence-electron chi connectivity index (χ1n) is 4.37. The Morgan fingerprint density at radius 1 is 1.43 bits per heavy atom. The molecule has 0 N–H and O–H groups in total. The third-order valence-electron chi connectivity index (χ3n) is 1.59. The SMILES string of the molecule is CC(=O)O[CH]CSc1ccc(C)cc1. The summed E-state index contributed by atoms with van der Waals surface area (Å²) < 4.78 is 4.70. The first-order valence-corrected chi connectivity index (χ1v) is 5.35. The van der Waals surface area contributed by atoms with E-state index >= 15 is 0 Å². The predicted molar refractivity (Wildman–Crippen MR) is 58.0 cm³/mol. The fraction of sp³-hybridized carbons (Fsp3) is 0.273. The number of aryl methyl sites for hydroxylation is 1. The molecule has 0 bridgehead atoms. The molecule has 0 saturated carbocycles. The van der Waals surface area contributed by atoms with Crippen LogP contribution >= 0.6 is 11.8 Å². The Morgan fingerprint density at radius 2 is 2.07 bits per heavy atom. The lowest BCUT2D eigenvalue weighted by Gasteiger charge is -2.01. The van der Waals surface area contributed by atoms with Crippen LogP contribution in [0.25, 0.3) is 0 Å². The van der Waals surface area contributed by atoms with Crippen LogP contribution in [0.3, 0.4) is 0 Å². The van der Waals surface area contributed by atoms with Crippen molar-refractivity contribution in [2.45, 2.75) is 18.7 Å². The number of esters is 1. The van der Waals surface area contributed by atoms with Crippen molar-refractivity contribution in [1.82, 2.24) is 0 Å². The highest BCUT2D eigenvalue weighted by Gasteiger charge is 1.96. The van der Waals surface area contributed by atoms with Crippen molar-refractivity contribution in [3.05, 3.63) is 36.4 Å². The molecule has 1 rings (SSSR count). The van der Waals surface area contributed by atoms with E-state index in [2.05, 4.69) is 31.2 Å². The van der Waals surface area contributed by atoms with Gasteiger partial charge in [0.15, 0.2) is 0 Å². The van der Waals surface area contributed by atoms with Crippen molar-refractivity contribution in [3.8, 4) is 0 Å². The molecule has 0 saturated heterocycles. The molecule has 2 nitrogen and oxygen atoms in total. The summed E-state index contributed by atoms with van der Waals surface area (Å²) in [6.07, 6.45) is 0. The van der Waals surface area contributed by atoms with Gasteiger partial charge in [0, 0.05) is 17.6 Å². The summed E-state index contributed by atoms with van der Waals surface area (Å²) in [5, 5.41) is 0. The minimum Gasteiger partial charge on any atom is -0.458 e. The van der Waals surface area contributed by atoms with Gasteiger partial charge >= 0.3 is 5.97 Å². The lowest BCUT2D eigenvalue weighted by molar-refractivity contribution is -0.137. The van der Waals surface area contributed by atoms with Gasteiger partial charge < -0.3 is 4.74 Å². The Balaban J connectivity index is 2.25. The summed E-state index contributed by atoms with van der Waals surface area (Å²) in [6, 6.07) is 8.24. The second-order valence-electron chi connectivity index (χ2n) is 2.90.